The molecule has 0 radical (unpaired) electrons. The number of nitrogens with one attached hydrogen (secondary N) is 1. The second kappa shape index (κ2) is 6.19. The molecule has 0 aliphatic carbocycles. The predicted octanol–water partition coefficient (Wildman–Crippen LogP) is 1.13. The zero-order valence-corrected chi connectivity index (χ0v) is 11.0. The van der Waals surface area contributed by atoms with Gasteiger partial charge in [0.15, 0.2) is 0 Å². The lowest BCUT2D eigenvalue weighted by Crippen LogP contribution is -2.53. The molecule has 2 N–H and O–H groups in total. The van der Waals surface area contributed by atoms with Crippen LogP contribution in [-0.2, 0) is 9.53 Å². The van der Waals surface area contributed by atoms with E-state index in [1.807, 2.05) is 0 Å². The number of carbonyl (C=O) groups excluding carboxylic acids is 1. The fourth-order valence-electron chi connectivity index (χ4n) is 2.52. The lowest BCUT2D eigenvalue weighted by molar-refractivity contribution is -0.170. The molecule has 1 aliphatic rings. The zero-order chi connectivity index (χ0) is 14.7. The number of halogens is 3. The first-order chi connectivity index (χ1) is 8.74. The average Bonchev–Trinajstić information content (AvgIpc) is 2.37. The Bertz CT molecular complexity index is 311. The van der Waals surface area contributed by atoms with Gasteiger partial charge in [0, 0.05) is 7.11 Å². The van der Waals surface area contributed by atoms with Crippen molar-refractivity contribution in [2.75, 3.05) is 20.3 Å². The minimum Gasteiger partial charge on any atom is -0.392 e. The number of aldehydes is 1. The minimum absolute atomic E-state index is 0.0156. The van der Waals surface area contributed by atoms with Crippen LogP contribution < -0.4 is 5.32 Å². The molecule has 0 aromatic heterocycles. The summed E-state index contributed by atoms with van der Waals surface area (Å²) in [7, 11) is 1.38. The fourth-order valence-corrected chi connectivity index (χ4v) is 2.52. The summed E-state index contributed by atoms with van der Waals surface area (Å²) in [5, 5.41) is 12.6. The number of piperidine rings is 1. The Kier molecular flexibility index (Phi) is 5.34. The Labute approximate surface area is 110 Å². The normalized spacial score (nSPS) is 29.6. The standard InChI is InChI=1S/C12H20F3NO3/c1-11(6-17,7-19-2)10(18)8-3-4-16-9(5-8)12(13,14)15/h6,8-10,16,18H,3-5,7H2,1-2H3. The van der Waals surface area contributed by atoms with Crippen LogP contribution in [0.15, 0.2) is 0 Å². The van der Waals surface area contributed by atoms with Crippen LogP contribution in [0.4, 0.5) is 13.2 Å². The van der Waals surface area contributed by atoms with Crippen molar-refractivity contribution >= 4 is 6.29 Å². The number of rotatable bonds is 5. The van der Waals surface area contributed by atoms with Gasteiger partial charge in [0.05, 0.1) is 18.1 Å². The van der Waals surface area contributed by atoms with Crippen molar-refractivity contribution in [3.8, 4) is 0 Å². The average molecular weight is 283 g/mol. The van der Waals surface area contributed by atoms with Gasteiger partial charge in [-0.15, -0.1) is 0 Å². The molecular formula is C12H20F3NO3. The van der Waals surface area contributed by atoms with Gasteiger partial charge >= 0.3 is 6.18 Å². The maximum absolute atomic E-state index is 12.7. The molecule has 1 rings (SSSR count). The van der Waals surface area contributed by atoms with Crippen molar-refractivity contribution < 1.29 is 27.8 Å². The molecule has 7 heteroatoms. The molecule has 0 aromatic carbocycles. The third kappa shape index (κ3) is 3.90. The molecular weight excluding hydrogens is 263 g/mol. The van der Waals surface area contributed by atoms with E-state index in [4.69, 9.17) is 4.74 Å². The van der Waals surface area contributed by atoms with Crippen molar-refractivity contribution in [1.29, 1.82) is 0 Å². The van der Waals surface area contributed by atoms with Crippen LogP contribution in [0.25, 0.3) is 0 Å². The van der Waals surface area contributed by atoms with E-state index in [2.05, 4.69) is 5.32 Å². The van der Waals surface area contributed by atoms with Gasteiger partial charge in [0.1, 0.15) is 12.3 Å². The number of hydrogen-bond acceptors (Lipinski definition) is 4. The Hall–Kier alpha value is -0.660. The number of aliphatic hydroxyl groups excluding tert-OH is 1. The highest BCUT2D eigenvalue weighted by Gasteiger charge is 2.46. The number of alkyl halides is 3. The van der Waals surface area contributed by atoms with Gasteiger partial charge < -0.3 is 20.0 Å². The van der Waals surface area contributed by atoms with E-state index < -0.39 is 29.7 Å². The van der Waals surface area contributed by atoms with E-state index in [0.29, 0.717) is 12.7 Å². The molecule has 0 aromatic rings. The first kappa shape index (κ1) is 16.4. The maximum atomic E-state index is 12.7. The largest absolute Gasteiger partial charge is 0.403 e. The lowest BCUT2D eigenvalue weighted by Gasteiger charge is -2.39. The molecule has 1 heterocycles. The van der Waals surface area contributed by atoms with E-state index in [9.17, 15) is 23.1 Å². The molecule has 0 bridgehead atoms. The Morgan fingerprint density at radius 1 is 1.53 bits per heavy atom. The van der Waals surface area contributed by atoms with Crippen LogP contribution in [0, 0.1) is 11.3 Å². The number of hydrogen-bond donors (Lipinski definition) is 2. The third-order valence-electron chi connectivity index (χ3n) is 3.69. The van der Waals surface area contributed by atoms with Gasteiger partial charge in [-0.2, -0.15) is 13.2 Å². The molecule has 1 fully saturated rings. The molecule has 1 aliphatic heterocycles. The Balaban J connectivity index is 2.76. The molecule has 0 saturated carbocycles. The summed E-state index contributed by atoms with van der Waals surface area (Å²) < 4.78 is 42.9. The number of aliphatic hydroxyl groups is 1. The summed E-state index contributed by atoms with van der Waals surface area (Å²) in [6, 6.07) is -1.63. The topological polar surface area (TPSA) is 58.6 Å². The van der Waals surface area contributed by atoms with Crippen molar-refractivity contribution in [3.63, 3.8) is 0 Å². The molecule has 0 amide bonds. The molecule has 1 saturated heterocycles. The molecule has 4 nitrogen and oxygen atoms in total. The monoisotopic (exact) mass is 283 g/mol. The van der Waals surface area contributed by atoms with Crippen molar-refractivity contribution in [3.05, 3.63) is 0 Å². The zero-order valence-electron chi connectivity index (χ0n) is 11.0. The van der Waals surface area contributed by atoms with Crippen molar-refractivity contribution in [2.45, 2.75) is 38.1 Å². The summed E-state index contributed by atoms with van der Waals surface area (Å²) in [5.74, 6) is -0.571. The Morgan fingerprint density at radius 2 is 2.16 bits per heavy atom. The summed E-state index contributed by atoms with van der Waals surface area (Å²) >= 11 is 0. The van der Waals surface area contributed by atoms with Crippen LogP contribution in [0.5, 0.6) is 0 Å². The van der Waals surface area contributed by atoms with Crippen molar-refractivity contribution in [1.82, 2.24) is 5.32 Å². The number of methoxy groups -OCH3 is 1. The van der Waals surface area contributed by atoms with E-state index >= 15 is 0 Å². The highest BCUT2D eigenvalue weighted by molar-refractivity contribution is 5.60. The summed E-state index contributed by atoms with van der Waals surface area (Å²) in [6.07, 6.45) is -4.74. The van der Waals surface area contributed by atoms with E-state index in [-0.39, 0.29) is 19.6 Å². The SMILES string of the molecule is COCC(C)(C=O)C(O)C1CCNC(C(F)(F)F)C1. The van der Waals surface area contributed by atoms with Gasteiger partial charge in [-0.05, 0) is 32.2 Å². The molecule has 4 unspecified atom stereocenters. The second-order valence-electron chi connectivity index (χ2n) is 5.33. The molecule has 112 valence electrons. The highest BCUT2D eigenvalue weighted by atomic mass is 19.4. The first-order valence-corrected chi connectivity index (χ1v) is 6.18. The van der Waals surface area contributed by atoms with Crippen LogP contribution in [0.1, 0.15) is 19.8 Å². The third-order valence-corrected chi connectivity index (χ3v) is 3.69. The van der Waals surface area contributed by atoms with Crippen molar-refractivity contribution in [2.24, 2.45) is 11.3 Å². The van der Waals surface area contributed by atoms with E-state index in [1.54, 1.807) is 0 Å². The number of carbonyl (C=O) groups is 1. The second-order valence-corrected chi connectivity index (χ2v) is 5.33. The molecule has 0 spiro atoms. The van der Waals surface area contributed by atoms with Crippen LogP contribution in [-0.4, -0.2) is 50.0 Å². The summed E-state index contributed by atoms with van der Waals surface area (Å²) in [5.41, 5.74) is -1.17. The summed E-state index contributed by atoms with van der Waals surface area (Å²) in [6.45, 7) is 1.66. The van der Waals surface area contributed by atoms with Crippen LogP contribution in [0.3, 0.4) is 0 Å². The van der Waals surface area contributed by atoms with Gasteiger partial charge in [-0.1, -0.05) is 0 Å². The summed E-state index contributed by atoms with van der Waals surface area (Å²) in [4.78, 5) is 11.1. The Morgan fingerprint density at radius 3 is 2.63 bits per heavy atom. The number of ether oxygens (including phenoxy) is 1. The van der Waals surface area contributed by atoms with Gasteiger partial charge in [0.2, 0.25) is 0 Å². The fraction of sp³-hybridized carbons (Fsp3) is 0.917. The van der Waals surface area contributed by atoms with Gasteiger partial charge in [-0.25, -0.2) is 0 Å². The quantitative estimate of drug-likeness (QED) is 0.743. The lowest BCUT2D eigenvalue weighted by atomic mass is 9.75. The smallest absolute Gasteiger partial charge is 0.392 e. The van der Waals surface area contributed by atoms with E-state index in [1.165, 1.54) is 14.0 Å². The molecule has 4 atom stereocenters. The van der Waals surface area contributed by atoms with Gasteiger partial charge in [-0.3, -0.25) is 0 Å². The first-order valence-electron chi connectivity index (χ1n) is 6.18. The van der Waals surface area contributed by atoms with E-state index in [0.717, 1.165) is 0 Å². The van der Waals surface area contributed by atoms with Gasteiger partial charge in [0.25, 0.3) is 0 Å². The predicted molar refractivity (Wildman–Crippen MR) is 62.6 cm³/mol. The minimum atomic E-state index is -4.34. The van der Waals surface area contributed by atoms with Crippen LogP contribution >= 0.6 is 0 Å². The highest BCUT2D eigenvalue weighted by Crippen LogP contribution is 2.35. The molecule has 19 heavy (non-hydrogen) atoms. The maximum Gasteiger partial charge on any atom is 0.403 e. The van der Waals surface area contributed by atoms with Crippen LogP contribution in [0.2, 0.25) is 0 Å².